The SMILES string of the molecule is COc1ccc(F)cc1NC(=S)Cc1cccc2cnccc12. The highest BCUT2D eigenvalue weighted by Crippen LogP contribution is 2.26. The van der Waals surface area contributed by atoms with E-state index in [4.69, 9.17) is 17.0 Å². The Bertz CT molecular complexity index is 861. The first-order valence-corrected chi connectivity index (χ1v) is 7.53. The number of methoxy groups -OCH3 is 1. The zero-order valence-electron chi connectivity index (χ0n) is 12.5. The van der Waals surface area contributed by atoms with Crippen molar-refractivity contribution in [2.75, 3.05) is 12.4 Å². The molecule has 0 aliphatic heterocycles. The Morgan fingerprint density at radius 1 is 1.26 bits per heavy atom. The van der Waals surface area contributed by atoms with Gasteiger partial charge < -0.3 is 10.1 Å². The number of anilines is 1. The van der Waals surface area contributed by atoms with Crippen LogP contribution in [0.4, 0.5) is 10.1 Å². The Morgan fingerprint density at radius 2 is 2.13 bits per heavy atom. The van der Waals surface area contributed by atoms with Gasteiger partial charge in [-0.15, -0.1) is 0 Å². The minimum atomic E-state index is -0.340. The van der Waals surface area contributed by atoms with Crippen LogP contribution in [0.5, 0.6) is 5.75 Å². The van der Waals surface area contributed by atoms with Crippen LogP contribution < -0.4 is 10.1 Å². The lowest BCUT2D eigenvalue weighted by molar-refractivity contribution is 0.416. The minimum Gasteiger partial charge on any atom is -0.495 e. The van der Waals surface area contributed by atoms with Crippen LogP contribution in [0.25, 0.3) is 10.8 Å². The number of ether oxygens (including phenoxy) is 1. The van der Waals surface area contributed by atoms with Gasteiger partial charge >= 0.3 is 0 Å². The van der Waals surface area contributed by atoms with Crippen molar-refractivity contribution in [3.63, 3.8) is 0 Å². The molecule has 116 valence electrons. The number of rotatable bonds is 4. The second-order valence-electron chi connectivity index (χ2n) is 5.08. The molecular formula is C18H15FN2OS. The Kier molecular flexibility index (Phi) is 4.48. The molecule has 2 aromatic carbocycles. The highest BCUT2D eigenvalue weighted by molar-refractivity contribution is 7.80. The quantitative estimate of drug-likeness (QED) is 0.722. The van der Waals surface area contributed by atoms with E-state index in [0.29, 0.717) is 22.8 Å². The number of nitrogens with zero attached hydrogens (tertiary/aromatic N) is 1. The average molecular weight is 326 g/mol. The van der Waals surface area contributed by atoms with Gasteiger partial charge in [0.05, 0.1) is 17.8 Å². The van der Waals surface area contributed by atoms with Crippen molar-refractivity contribution < 1.29 is 9.13 Å². The molecule has 0 saturated carbocycles. The zero-order chi connectivity index (χ0) is 16.2. The number of nitrogens with one attached hydrogen (secondary N) is 1. The highest BCUT2D eigenvalue weighted by atomic mass is 32.1. The second kappa shape index (κ2) is 6.71. The molecule has 3 nitrogen and oxygen atoms in total. The molecule has 5 heteroatoms. The van der Waals surface area contributed by atoms with Gasteiger partial charge in [0.15, 0.2) is 0 Å². The lowest BCUT2D eigenvalue weighted by Crippen LogP contribution is -2.13. The third kappa shape index (κ3) is 3.46. The number of halogens is 1. The van der Waals surface area contributed by atoms with Gasteiger partial charge in [0.2, 0.25) is 0 Å². The molecule has 0 aliphatic rings. The monoisotopic (exact) mass is 326 g/mol. The largest absolute Gasteiger partial charge is 0.495 e. The molecule has 1 heterocycles. The van der Waals surface area contributed by atoms with Crippen molar-refractivity contribution in [1.82, 2.24) is 4.98 Å². The van der Waals surface area contributed by atoms with E-state index in [0.717, 1.165) is 16.3 Å². The molecule has 23 heavy (non-hydrogen) atoms. The molecule has 0 spiro atoms. The maximum atomic E-state index is 13.4. The molecule has 0 atom stereocenters. The van der Waals surface area contributed by atoms with E-state index in [1.807, 2.05) is 30.5 Å². The normalized spacial score (nSPS) is 10.5. The molecule has 0 aliphatic carbocycles. The molecule has 0 fully saturated rings. The van der Waals surface area contributed by atoms with Crippen molar-refractivity contribution >= 4 is 33.7 Å². The Hall–Kier alpha value is -2.53. The molecule has 3 rings (SSSR count). The molecular weight excluding hydrogens is 311 g/mol. The summed E-state index contributed by atoms with van der Waals surface area (Å²) in [7, 11) is 1.54. The fourth-order valence-corrected chi connectivity index (χ4v) is 2.75. The number of pyridine rings is 1. The summed E-state index contributed by atoms with van der Waals surface area (Å²) in [6.45, 7) is 0. The maximum Gasteiger partial charge on any atom is 0.142 e. The van der Waals surface area contributed by atoms with Crippen molar-refractivity contribution in [3.05, 3.63) is 66.2 Å². The third-order valence-electron chi connectivity index (χ3n) is 3.56. The number of aromatic nitrogens is 1. The predicted octanol–water partition coefficient (Wildman–Crippen LogP) is 4.36. The third-order valence-corrected chi connectivity index (χ3v) is 3.80. The molecule has 1 N–H and O–H groups in total. The van der Waals surface area contributed by atoms with Crippen LogP contribution in [0.15, 0.2) is 54.9 Å². The topological polar surface area (TPSA) is 34.1 Å². The summed E-state index contributed by atoms with van der Waals surface area (Å²) in [6.07, 6.45) is 4.14. The number of hydrogen-bond acceptors (Lipinski definition) is 3. The van der Waals surface area contributed by atoms with Crippen LogP contribution in [0, 0.1) is 5.82 Å². The second-order valence-corrected chi connectivity index (χ2v) is 5.58. The van der Waals surface area contributed by atoms with E-state index in [1.165, 1.54) is 12.1 Å². The Morgan fingerprint density at radius 3 is 2.96 bits per heavy atom. The van der Waals surface area contributed by atoms with E-state index in [-0.39, 0.29) is 5.82 Å². The van der Waals surface area contributed by atoms with Crippen molar-refractivity contribution in [2.45, 2.75) is 6.42 Å². The molecule has 3 aromatic rings. The minimum absolute atomic E-state index is 0.340. The zero-order valence-corrected chi connectivity index (χ0v) is 13.4. The smallest absolute Gasteiger partial charge is 0.142 e. The van der Waals surface area contributed by atoms with Gasteiger partial charge in [-0.2, -0.15) is 0 Å². The van der Waals surface area contributed by atoms with E-state index >= 15 is 0 Å². The summed E-state index contributed by atoms with van der Waals surface area (Å²) in [5, 5.41) is 5.24. The van der Waals surface area contributed by atoms with E-state index in [9.17, 15) is 4.39 Å². The van der Waals surface area contributed by atoms with Crippen LogP contribution >= 0.6 is 12.2 Å². The van der Waals surface area contributed by atoms with Crippen molar-refractivity contribution in [3.8, 4) is 5.75 Å². The van der Waals surface area contributed by atoms with Gasteiger partial charge in [0, 0.05) is 30.3 Å². The Balaban J connectivity index is 1.83. The summed E-state index contributed by atoms with van der Waals surface area (Å²) < 4.78 is 18.6. The summed E-state index contributed by atoms with van der Waals surface area (Å²) in [5.41, 5.74) is 1.62. The summed E-state index contributed by atoms with van der Waals surface area (Å²) in [5.74, 6) is 0.211. The van der Waals surface area contributed by atoms with Gasteiger partial charge in [0.1, 0.15) is 11.6 Å². The highest BCUT2D eigenvalue weighted by Gasteiger charge is 2.09. The van der Waals surface area contributed by atoms with Gasteiger partial charge in [-0.25, -0.2) is 4.39 Å². The van der Waals surface area contributed by atoms with Crippen LogP contribution in [-0.2, 0) is 6.42 Å². The van der Waals surface area contributed by atoms with Crippen LogP contribution in [0.3, 0.4) is 0 Å². The number of hydrogen-bond donors (Lipinski definition) is 1. The summed E-state index contributed by atoms with van der Waals surface area (Å²) in [6, 6.07) is 12.3. The number of benzene rings is 2. The van der Waals surface area contributed by atoms with E-state index < -0.39 is 0 Å². The molecule has 0 bridgehead atoms. The number of thiocarbonyl (C=S) groups is 1. The Labute approximate surface area is 139 Å². The van der Waals surface area contributed by atoms with E-state index in [2.05, 4.69) is 10.3 Å². The molecule has 0 radical (unpaired) electrons. The fraction of sp³-hybridized carbons (Fsp3) is 0.111. The molecule has 0 saturated heterocycles. The predicted molar refractivity (Wildman–Crippen MR) is 94.6 cm³/mol. The van der Waals surface area contributed by atoms with E-state index in [1.54, 1.807) is 19.4 Å². The lowest BCUT2D eigenvalue weighted by Gasteiger charge is -2.13. The fourth-order valence-electron chi connectivity index (χ4n) is 2.49. The maximum absolute atomic E-state index is 13.4. The van der Waals surface area contributed by atoms with Crippen LogP contribution in [0.2, 0.25) is 0 Å². The van der Waals surface area contributed by atoms with Crippen molar-refractivity contribution in [1.29, 1.82) is 0 Å². The van der Waals surface area contributed by atoms with Gasteiger partial charge in [-0.05, 0) is 29.1 Å². The first kappa shape index (κ1) is 15.4. The standard InChI is InChI=1S/C18H15FN2OS/c1-22-17-6-5-14(19)10-16(17)21-18(23)9-12-3-2-4-13-11-20-8-7-15(12)13/h2-8,10-11H,9H2,1H3,(H,21,23). The molecule has 0 amide bonds. The summed E-state index contributed by atoms with van der Waals surface area (Å²) in [4.78, 5) is 4.72. The van der Waals surface area contributed by atoms with Crippen LogP contribution in [0.1, 0.15) is 5.56 Å². The first-order valence-electron chi connectivity index (χ1n) is 7.12. The first-order chi connectivity index (χ1) is 11.2. The van der Waals surface area contributed by atoms with Gasteiger partial charge in [-0.3, -0.25) is 4.98 Å². The summed E-state index contributed by atoms with van der Waals surface area (Å²) >= 11 is 5.43. The number of fused-ring (bicyclic) bond motifs is 1. The lowest BCUT2D eigenvalue weighted by atomic mass is 10.0. The molecule has 1 aromatic heterocycles. The van der Waals surface area contributed by atoms with Crippen molar-refractivity contribution in [2.24, 2.45) is 0 Å². The van der Waals surface area contributed by atoms with Crippen LogP contribution in [-0.4, -0.2) is 17.1 Å². The average Bonchev–Trinajstić information content (AvgIpc) is 2.55. The molecule has 0 unspecified atom stereocenters. The van der Waals surface area contributed by atoms with Gasteiger partial charge in [0.25, 0.3) is 0 Å². The van der Waals surface area contributed by atoms with Gasteiger partial charge in [-0.1, -0.05) is 30.4 Å².